The number of fused-ring (bicyclic) bond motifs is 3. The molecule has 3 N–H and O–H groups in total. The van der Waals surface area contributed by atoms with Gasteiger partial charge in [-0.05, 0) is 28.8 Å². The molecule has 0 spiro atoms. The number of carbonyl (C=O) groups is 2. The minimum atomic E-state index is -0.917. The second kappa shape index (κ2) is 7.04. The second-order valence-electron chi connectivity index (χ2n) is 7.15. The minimum absolute atomic E-state index is 0.00970. The van der Waals surface area contributed by atoms with Gasteiger partial charge in [0.25, 0.3) is 0 Å². The summed E-state index contributed by atoms with van der Waals surface area (Å²) < 4.78 is 5.60. The van der Waals surface area contributed by atoms with E-state index >= 15 is 0 Å². The van der Waals surface area contributed by atoms with E-state index in [0.717, 1.165) is 11.1 Å². The number of rotatable bonds is 4. The lowest BCUT2D eigenvalue weighted by Crippen LogP contribution is -2.31. The van der Waals surface area contributed by atoms with Crippen molar-refractivity contribution in [3.05, 3.63) is 59.7 Å². The molecular formula is C21H22N2O4. The van der Waals surface area contributed by atoms with Crippen molar-refractivity contribution in [2.75, 3.05) is 26.2 Å². The number of nitrogens with two attached hydrogens (primary N) is 1. The Morgan fingerprint density at radius 1 is 1.04 bits per heavy atom. The van der Waals surface area contributed by atoms with Gasteiger partial charge in [0.2, 0.25) is 0 Å². The van der Waals surface area contributed by atoms with Crippen LogP contribution in [0, 0.1) is 11.8 Å². The van der Waals surface area contributed by atoms with Gasteiger partial charge in [0, 0.05) is 24.9 Å². The number of benzene rings is 2. The van der Waals surface area contributed by atoms with Crippen LogP contribution in [0.25, 0.3) is 11.1 Å². The molecule has 0 unspecified atom stereocenters. The minimum Gasteiger partial charge on any atom is -0.481 e. The van der Waals surface area contributed by atoms with E-state index in [0.29, 0.717) is 6.54 Å². The Kier molecular flexibility index (Phi) is 4.58. The van der Waals surface area contributed by atoms with Crippen LogP contribution in [-0.2, 0) is 9.53 Å². The lowest BCUT2D eigenvalue weighted by molar-refractivity contribution is -0.142. The summed E-state index contributed by atoms with van der Waals surface area (Å²) in [6.45, 7) is 0.941. The summed E-state index contributed by atoms with van der Waals surface area (Å²) in [5.41, 5.74) is 10.3. The van der Waals surface area contributed by atoms with Crippen LogP contribution in [0.1, 0.15) is 17.0 Å². The lowest BCUT2D eigenvalue weighted by atomic mass is 9.97. The van der Waals surface area contributed by atoms with E-state index in [1.807, 2.05) is 24.3 Å². The molecular weight excluding hydrogens is 344 g/mol. The molecule has 0 saturated carbocycles. The van der Waals surface area contributed by atoms with E-state index in [9.17, 15) is 14.7 Å². The number of ether oxygens (including phenoxy) is 1. The number of hydrogen-bond acceptors (Lipinski definition) is 4. The largest absolute Gasteiger partial charge is 0.481 e. The lowest BCUT2D eigenvalue weighted by Gasteiger charge is -2.19. The molecule has 140 valence electrons. The molecule has 1 saturated heterocycles. The number of aliphatic carboxylic acids is 1. The molecule has 2 aromatic rings. The summed E-state index contributed by atoms with van der Waals surface area (Å²) in [5.74, 6) is -1.79. The highest BCUT2D eigenvalue weighted by Gasteiger charge is 2.40. The van der Waals surface area contributed by atoms with Crippen LogP contribution in [-0.4, -0.2) is 48.3 Å². The van der Waals surface area contributed by atoms with Crippen LogP contribution in [0.5, 0.6) is 0 Å². The Morgan fingerprint density at radius 2 is 1.63 bits per heavy atom. The smallest absolute Gasteiger partial charge is 0.409 e. The van der Waals surface area contributed by atoms with Crippen molar-refractivity contribution >= 4 is 12.1 Å². The SMILES string of the molecule is NC[C@H]1CN(C(=O)OCC2c3ccccc3-c3ccccc32)C[C@H]1C(=O)O. The highest BCUT2D eigenvalue weighted by molar-refractivity contribution is 5.79. The van der Waals surface area contributed by atoms with E-state index in [1.54, 1.807) is 0 Å². The van der Waals surface area contributed by atoms with Crippen molar-refractivity contribution in [1.29, 1.82) is 0 Å². The van der Waals surface area contributed by atoms with Crippen molar-refractivity contribution < 1.29 is 19.4 Å². The van der Waals surface area contributed by atoms with E-state index in [1.165, 1.54) is 16.0 Å². The molecule has 6 nitrogen and oxygen atoms in total. The monoisotopic (exact) mass is 366 g/mol. The topological polar surface area (TPSA) is 92.9 Å². The molecule has 1 aliphatic heterocycles. The Balaban J connectivity index is 1.48. The zero-order valence-corrected chi connectivity index (χ0v) is 14.9. The first-order valence-electron chi connectivity index (χ1n) is 9.13. The van der Waals surface area contributed by atoms with E-state index in [4.69, 9.17) is 10.5 Å². The molecule has 2 aliphatic rings. The number of carbonyl (C=O) groups excluding carboxylic acids is 1. The maximum Gasteiger partial charge on any atom is 0.409 e. The standard InChI is InChI=1S/C21H22N2O4/c22-9-13-10-23(11-18(13)20(24)25)21(26)27-12-19-16-7-3-1-5-14(16)15-6-2-4-8-17(15)19/h1-8,13,18-19H,9-12,22H2,(H,24,25)/t13-,18+/m0/s1. The van der Waals surface area contributed by atoms with Crippen LogP contribution in [0.3, 0.4) is 0 Å². The van der Waals surface area contributed by atoms with Gasteiger partial charge in [-0.1, -0.05) is 48.5 Å². The van der Waals surface area contributed by atoms with Crippen LogP contribution >= 0.6 is 0 Å². The molecule has 4 rings (SSSR count). The number of carboxylic acid groups (broad SMARTS) is 1. The van der Waals surface area contributed by atoms with Crippen LogP contribution < -0.4 is 5.73 Å². The van der Waals surface area contributed by atoms with Gasteiger partial charge in [0.15, 0.2) is 0 Å². The van der Waals surface area contributed by atoms with Crippen molar-refractivity contribution in [3.63, 3.8) is 0 Å². The van der Waals surface area contributed by atoms with Gasteiger partial charge in [-0.2, -0.15) is 0 Å². The molecule has 0 aromatic heterocycles. The third-order valence-corrected chi connectivity index (χ3v) is 5.66. The number of nitrogens with zero attached hydrogens (tertiary/aromatic N) is 1. The van der Waals surface area contributed by atoms with Gasteiger partial charge in [-0.3, -0.25) is 4.79 Å². The highest BCUT2D eigenvalue weighted by atomic mass is 16.6. The van der Waals surface area contributed by atoms with Crippen molar-refractivity contribution in [1.82, 2.24) is 4.90 Å². The van der Waals surface area contributed by atoms with Crippen LogP contribution in [0.2, 0.25) is 0 Å². The first-order chi connectivity index (χ1) is 13.1. The average molecular weight is 366 g/mol. The normalized spacial score (nSPS) is 21.0. The van der Waals surface area contributed by atoms with Crippen LogP contribution in [0.15, 0.2) is 48.5 Å². The summed E-state index contributed by atoms with van der Waals surface area (Å²) in [5, 5.41) is 9.30. The van der Waals surface area contributed by atoms with Gasteiger partial charge >= 0.3 is 12.1 Å². The Bertz CT molecular complexity index is 836. The number of carboxylic acids is 1. The van der Waals surface area contributed by atoms with Gasteiger partial charge < -0.3 is 20.5 Å². The predicted molar refractivity (Wildman–Crippen MR) is 100 cm³/mol. The first-order valence-corrected chi connectivity index (χ1v) is 9.13. The fraction of sp³-hybridized carbons (Fsp3) is 0.333. The molecule has 0 bridgehead atoms. The maximum absolute atomic E-state index is 12.5. The summed E-state index contributed by atoms with van der Waals surface area (Å²) >= 11 is 0. The number of hydrogen-bond donors (Lipinski definition) is 2. The van der Waals surface area contributed by atoms with E-state index in [-0.39, 0.29) is 31.5 Å². The van der Waals surface area contributed by atoms with E-state index < -0.39 is 18.0 Å². The molecule has 2 atom stereocenters. The van der Waals surface area contributed by atoms with Crippen molar-refractivity contribution in [3.8, 4) is 11.1 Å². The van der Waals surface area contributed by atoms with Crippen molar-refractivity contribution in [2.24, 2.45) is 17.6 Å². The Labute approximate surface area is 157 Å². The van der Waals surface area contributed by atoms with Gasteiger partial charge in [-0.15, -0.1) is 0 Å². The fourth-order valence-electron chi connectivity index (χ4n) is 4.22. The summed E-state index contributed by atoms with van der Waals surface area (Å²) in [6, 6.07) is 16.3. The van der Waals surface area contributed by atoms with Crippen LogP contribution in [0.4, 0.5) is 4.79 Å². The van der Waals surface area contributed by atoms with Gasteiger partial charge in [0.1, 0.15) is 6.61 Å². The summed E-state index contributed by atoms with van der Waals surface area (Å²) in [4.78, 5) is 25.3. The zero-order chi connectivity index (χ0) is 19.0. The molecule has 1 fully saturated rings. The Hall–Kier alpha value is -2.86. The predicted octanol–water partition coefficient (Wildman–Crippen LogP) is 2.53. The average Bonchev–Trinajstić information content (AvgIpc) is 3.26. The molecule has 27 heavy (non-hydrogen) atoms. The number of amides is 1. The van der Waals surface area contributed by atoms with Crippen molar-refractivity contribution in [2.45, 2.75) is 5.92 Å². The molecule has 1 aliphatic carbocycles. The van der Waals surface area contributed by atoms with E-state index in [2.05, 4.69) is 24.3 Å². The fourth-order valence-corrected chi connectivity index (χ4v) is 4.22. The van der Waals surface area contributed by atoms with Gasteiger partial charge in [-0.25, -0.2) is 4.79 Å². The molecule has 0 radical (unpaired) electrons. The third kappa shape index (κ3) is 3.06. The summed E-state index contributed by atoms with van der Waals surface area (Å²) in [6.07, 6.45) is -0.473. The maximum atomic E-state index is 12.5. The quantitative estimate of drug-likeness (QED) is 0.867. The Morgan fingerprint density at radius 3 is 2.15 bits per heavy atom. The highest BCUT2D eigenvalue weighted by Crippen LogP contribution is 2.44. The first kappa shape index (κ1) is 17.5. The molecule has 1 amide bonds. The zero-order valence-electron chi connectivity index (χ0n) is 14.9. The van der Waals surface area contributed by atoms with Gasteiger partial charge in [0.05, 0.1) is 5.92 Å². The summed E-state index contributed by atoms with van der Waals surface area (Å²) in [7, 11) is 0. The second-order valence-corrected chi connectivity index (χ2v) is 7.15. The molecule has 6 heteroatoms. The molecule has 1 heterocycles. The third-order valence-electron chi connectivity index (χ3n) is 5.66. The molecule has 2 aromatic carbocycles. The number of likely N-dealkylation sites (tertiary alicyclic amines) is 1.